The summed E-state index contributed by atoms with van der Waals surface area (Å²) in [4.78, 5) is 7.78. The van der Waals surface area contributed by atoms with E-state index in [0.717, 1.165) is 61.0 Å². The lowest BCUT2D eigenvalue weighted by atomic mass is 9.96. The summed E-state index contributed by atoms with van der Waals surface area (Å²) in [7, 11) is 1.70. The molecule has 0 amide bonds. The summed E-state index contributed by atoms with van der Waals surface area (Å²) >= 11 is 0. The number of rotatable bonds is 9. The summed E-state index contributed by atoms with van der Waals surface area (Å²) in [5.74, 6) is 2.34. The van der Waals surface area contributed by atoms with Gasteiger partial charge in [-0.15, -0.1) is 0 Å². The van der Waals surface area contributed by atoms with Crippen LogP contribution in [0, 0.1) is 0 Å². The van der Waals surface area contributed by atoms with Crippen molar-refractivity contribution in [1.29, 1.82) is 0 Å². The Bertz CT molecular complexity index is 1070. The summed E-state index contributed by atoms with van der Waals surface area (Å²) in [6.07, 6.45) is 20.3. The van der Waals surface area contributed by atoms with Gasteiger partial charge >= 0.3 is 0 Å². The van der Waals surface area contributed by atoms with Crippen LogP contribution in [-0.4, -0.2) is 41.2 Å². The Balaban J connectivity index is 0.00000145. The van der Waals surface area contributed by atoms with Gasteiger partial charge in [-0.25, -0.2) is 4.98 Å². The number of benzene rings is 1. The summed E-state index contributed by atoms with van der Waals surface area (Å²) in [6, 6.07) is 8.17. The van der Waals surface area contributed by atoms with Gasteiger partial charge in [-0.1, -0.05) is 75.4 Å². The fourth-order valence-electron chi connectivity index (χ4n) is 4.55. The van der Waals surface area contributed by atoms with Crippen molar-refractivity contribution in [3.8, 4) is 17.0 Å². The number of hydrogen-bond donors (Lipinski definition) is 0. The van der Waals surface area contributed by atoms with Gasteiger partial charge in [-0.2, -0.15) is 0 Å². The number of piperidine rings is 1. The smallest absolute Gasteiger partial charge is 0.119 e. The average molecular weight is 488 g/mol. The zero-order chi connectivity index (χ0) is 26.3. The van der Waals surface area contributed by atoms with Crippen LogP contribution in [0.15, 0.2) is 72.9 Å². The van der Waals surface area contributed by atoms with Crippen molar-refractivity contribution in [1.82, 2.24) is 14.5 Å². The number of aromatic nitrogens is 2. The molecule has 0 spiro atoms. The van der Waals surface area contributed by atoms with E-state index in [1.165, 1.54) is 12.0 Å². The minimum absolute atomic E-state index is 0.369. The molecular formula is C32H45N3O. The standard InChI is InChI=1S/C29H37N3O.C3H8/c1-6-12-23(13-7-2)21-31-19-11-16-25(22-31)29-30-28(24-15-10-17-26(20-24)33-5)27(14-8-3)32(29)18-9-4;1-3-2/h6-10,12-15,17-18,20,25H,1,11,16,19,21-22H2,2-5H3;3H2,1-2H3/b13-7-,14-8-,18-9-,23-12+;. The molecule has 1 fully saturated rings. The predicted octanol–water partition coefficient (Wildman–Crippen LogP) is 8.37. The first-order valence-electron chi connectivity index (χ1n) is 13.2. The molecule has 194 valence electrons. The van der Waals surface area contributed by atoms with Gasteiger partial charge in [-0.3, -0.25) is 4.90 Å². The van der Waals surface area contributed by atoms with Gasteiger partial charge in [0.2, 0.25) is 0 Å². The second-order valence-corrected chi connectivity index (χ2v) is 9.05. The van der Waals surface area contributed by atoms with E-state index in [4.69, 9.17) is 9.72 Å². The Labute approximate surface area is 219 Å². The lowest BCUT2D eigenvalue weighted by Crippen LogP contribution is -2.36. The Kier molecular flexibility index (Phi) is 12.8. The van der Waals surface area contributed by atoms with Crippen LogP contribution < -0.4 is 4.74 Å². The van der Waals surface area contributed by atoms with Crippen LogP contribution in [0.25, 0.3) is 23.5 Å². The molecule has 0 aliphatic carbocycles. The molecule has 2 aromatic rings. The predicted molar refractivity (Wildman–Crippen MR) is 157 cm³/mol. The molecule has 3 rings (SSSR count). The van der Waals surface area contributed by atoms with Crippen molar-refractivity contribution in [2.45, 2.75) is 59.8 Å². The van der Waals surface area contributed by atoms with E-state index < -0.39 is 0 Å². The highest BCUT2D eigenvalue weighted by Gasteiger charge is 2.27. The summed E-state index contributed by atoms with van der Waals surface area (Å²) in [5, 5.41) is 0. The average Bonchev–Trinajstić information content (AvgIpc) is 3.23. The normalized spacial score (nSPS) is 17.1. The molecular weight excluding hydrogens is 442 g/mol. The molecule has 1 saturated heterocycles. The third-order valence-electron chi connectivity index (χ3n) is 5.93. The van der Waals surface area contributed by atoms with E-state index in [9.17, 15) is 0 Å². The monoisotopic (exact) mass is 487 g/mol. The molecule has 1 aromatic carbocycles. The van der Waals surface area contributed by atoms with Gasteiger partial charge in [0.05, 0.1) is 18.5 Å². The summed E-state index contributed by atoms with van der Waals surface area (Å²) < 4.78 is 7.75. The largest absolute Gasteiger partial charge is 0.497 e. The Morgan fingerprint density at radius 3 is 2.58 bits per heavy atom. The topological polar surface area (TPSA) is 30.3 Å². The highest BCUT2D eigenvalue weighted by Crippen LogP contribution is 2.34. The van der Waals surface area contributed by atoms with Crippen molar-refractivity contribution >= 4 is 12.3 Å². The number of allylic oxidation sites excluding steroid dienone is 5. The maximum atomic E-state index is 5.48. The molecule has 1 aromatic heterocycles. The molecule has 1 atom stereocenters. The first kappa shape index (κ1) is 29.1. The van der Waals surface area contributed by atoms with Gasteiger partial charge in [0.1, 0.15) is 11.6 Å². The second kappa shape index (κ2) is 15.8. The number of methoxy groups -OCH3 is 1. The molecule has 0 radical (unpaired) electrons. The molecule has 1 aliphatic heterocycles. The molecule has 4 heteroatoms. The van der Waals surface area contributed by atoms with E-state index in [2.05, 4.69) is 105 Å². The first-order chi connectivity index (χ1) is 17.6. The number of likely N-dealkylation sites (tertiary alicyclic amines) is 1. The highest BCUT2D eigenvalue weighted by molar-refractivity contribution is 5.73. The fraction of sp³-hybridized carbons (Fsp3) is 0.406. The molecule has 1 unspecified atom stereocenters. The van der Waals surface area contributed by atoms with Gasteiger partial charge < -0.3 is 9.30 Å². The van der Waals surface area contributed by atoms with E-state index in [1.54, 1.807) is 7.11 Å². The van der Waals surface area contributed by atoms with Crippen LogP contribution in [0.1, 0.15) is 71.3 Å². The SMILES string of the molecule is C=C/C=C(\C=C/C)CN1CCCC(c2nc(-c3cccc(OC)c3)c(/C=C\C)n2/C=C\C)C1.CCC. The number of nitrogens with zero attached hydrogens (tertiary/aromatic N) is 3. The van der Waals surface area contributed by atoms with Crippen LogP contribution >= 0.6 is 0 Å². The quantitative estimate of drug-likeness (QED) is 0.333. The number of imidazole rings is 1. The third-order valence-corrected chi connectivity index (χ3v) is 5.93. The summed E-state index contributed by atoms with van der Waals surface area (Å²) in [5.41, 5.74) is 4.47. The van der Waals surface area contributed by atoms with Crippen LogP contribution in [0.4, 0.5) is 0 Å². The van der Waals surface area contributed by atoms with E-state index in [1.807, 2.05) is 18.2 Å². The van der Waals surface area contributed by atoms with Crippen molar-refractivity contribution in [2.24, 2.45) is 0 Å². The molecule has 0 N–H and O–H groups in total. The maximum absolute atomic E-state index is 5.48. The lowest BCUT2D eigenvalue weighted by molar-refractivity contribution is 0.220. The second-order valence-electron chi connectivity index (χ2n) is 9.05. The van der Waals surface area contributed by atoms with Crippen molar-refractivity contribution in [3.63, 3.8) is 0 Å². The van der Waals surface area contributed by atoms with E-state index in [-0.39, 0.29) is 0 Å². The first-order valence-corrected chi connectivity index (χ1v) is 13.2. The molecule has 4 nitrogen and oxygen atoms in total. The van der Waals surface area contributed by atoms with Gasteiger partial charge in [0.15, 0.2) is 0 Å². The molecule has 1 aliphatic rings. The van der Waals surface area contributed by atoms with Crippen molar-refractivity contribution < 1.29 is 4.74 Å². The van der Waals surface area contributed by atoms with Gasteiger partial charge in [0, 0.05) is 30.8 Å². The zero-order valence-electron chi connectivity index (χ0n) is 23.2. The molecule has 36 heavy (non-hydrogen) atoms. The Morgan fingerprint density at radius 1 is 1.17 bits per heavy atom. The number of hydrogen-bond acceptors (Lipinski definition) is 3. The van der Waals surface area contributed by atoms with Crippen LogP contribution in [0.5, 0.6) is 5.75 Å². The number of ether oxygens (including phenoxy) is 1. The lowest BCUT2D eigenvalue weighted by Gasteiger charge is -2.32. The fourth-order valence-corrected chi connectivity index (χ4v) is 4.55. The van der Waals surface area contributed by atoms with Crippen LogP contribution in [0.3, 0.4) is 0 Å². The Morgan fingerprint density at radius 2 is 1.94 bits per heavy atom. The van der Waals surface area contributed by atoms with Crippen molar-refractivity contribution in [2.75, 3.05) is 26.7 Å². The Hall–Kier alpha value is -3.11. The third kappa shape index (κ3) is 7.96. The van der Waals surface area contributed by atoms with Crippen LogP contribution in [-0.2, 0) is 0 Å². The molecule has 2 heterocycles. The van der Waals surface area contributed by atoms with E-state index >= 15 is 0 Å². The minimum atomic E-state index is 0.369. The highest BCUT2D eigenvalue weighted by atomic mass is 16.5. The minimum Gasteiger partial charge on any atom is -0.497 e. The van der Waals surface area contributed by atoms with E-state index in [0.29, 0.717) is 5.92 Å². The molecule has 0 saturated carbocycles. The molecule has 0 bridgehead atoms. The van der Waals surface area contributed by atoms with Crippen LogP contribution in [0.2, 0.25) is 0 Å². The maximum Gasteiger partial charge on any atom is 0.119 e. The van der Waals surface area contributed by atoms with Gasteiger partial charge in [-0.05, 0) is 63.9 Å². The van der Waals surface area contributed by atoms with Crippen molar-refractivity contribution in [3.05, 3.63) is 84.4 Å². The van der Waals surface area contributed by atoms with Gasteiger partial charge in [0.25, 0.3) is 0 Å². The zero-order valence-corrected chi connectivity index (χ0v) is 23.2. The summed E-state index contributed by atoms with van der Waals surface area (Å²) in [6.45, 7) is 17.3.